The normalized spacial score (nSPS) is 11.1. The molecule has 1 amide bonds. The number of sulfone groups is 1. The van der Waals surface area contributed by atoms with Crippen molar-refractivity contribution in [1.82, 2.24) is 5.32 Å². The van der Waals surface area contributed by atoms with Crippen LogP contribution in [0.3, 0.4) is 0 Å². The molecule has 7 heteroatoms. The third kappa shape index (κ3) is 5.48. The lowest BCUT2D eigenvalue weighted by Gasteiger charge is -2.10. The highest BCUT2D eigenvalue weighted by Gasteiger charge is 2.11. The van der Waals surface area contributed by atoms with Gasteiger partial charge < -0.3 is 10.6 Å². The van der Waals surface area contributed by atoms with E-state index in [0.29, 0.717) is 29.2 Å². The fourth-order valence-corrected chi connectivity index (χ4v) is 2.39. The average Bonchev–Trinajstić information content (AvgIpc) is 2.33. The average molecular weight is 305 g/mol. The fraction of sp³-hybridized carbons (Fsp3) is 0.417. The summed E-state index contributed by atoms with van der Waals surface area (Å²) in [6.45, 7) is 0.307. The maximum atomic E-state index is 11.9. The molecule has 0 aromatic heterocycles. The van der Waals surface area contributed by atoms with Crippen molar-refractivity contribution in [3.8, 4) is 0 Å². The van der Waals surface area contributed by atoms with Gasteiger partial charge in [0.25, 0.3) is 5.91 Å². The first-order chi connectivity index (χ1) is 8.83. The number of hydrogen-bond donors (Lipinski definition) is 2. The molecule has 0 saturated heterocycles. The Labute approximate surface area is 118 Å². The number of anilines is 1. The summed E-state index contributed by atoms with van der Waals surface area (Å²) in [5, 5.41) is 6.05. The van der Waals surface area contributed by atoms with Crippen molar-refractivity contribution in [1.29, 1.82) is 0 Å². The zero-order valence-corrected chi connectivity index (χ0v) is 12.4. The molecule has 0 heterocycles. The SMILES string of the molecule is CNc1ccc(Cl)cc1C(=O)NCCCS(C)(=O)=O. The minimum Gasteiger partial charge on any atom is -0.387 e. The van der Waals surface area contributed by atoms with Gasteiger partial charge in [0.15, 0.2) is 0 Å². The van der Waals surface area contributed by atoms with Gasteiger partial charge in [-0.25, -0.2) is 8.42 Å². The first-order valence-corrected chi connectivity index (χ1v) is 8.20. The number of carbonyl (C=O) groups excluding carboxylic acids is 1. The Bertz CT molecular complexity index is 558. The van der Waals surface area contributed by atoms with Crippen LogP contribution in [0.15, 0.2) is 18.2 Å². The third-order valence-corrected chi connectivity index (χ3v) is 3.74. The summed E-state index contributed by atoms with van der Waals surface area (Å²) in [7, 11) is -1.28. The lowest BCUT2D eigenvalue weighted by Crippen LogP contribution is -2.26. The molecule has 1 rings (SSSR count). The van der Waals surface area contributed by atoms with E-state index in [4.69, 9.17) is 11.6 Å². The first-order valence-electron chi connectivity index (χ1n) is 5.76. The number of carbonyl (C=O) groups is 1. The zero-order valence-electron chi connectivity index (χ0n) is 10.9. The molecule has 5 nitrogen and oxygen atoms in total. The van der Waals surface area contributed by atoms with Crippen molar-refractivity contribution >= 4 is 33.0 Å². The second-order valence-corrected chi connectivity index (χ2v) is 6.88. The molecule has 19 heavy (non-hydrogen) atoms. The van der Waals surface area contributed by atoms with Crippen molar-refractivity contribution in [2.45, 2.75) is 6.42 Å². The lowest BCUT2D eigenvalue weighted by molar-refractivity contribution is 0.0954. The number of amides is 1. The van der Waals surface area contributed by atoms with Crippen LogP contribution >= 0.6 is 11.6 Å². The number of rotatable bonds is 6. The second kappa shape index (κ2) is 6.77. The number of hydrogen-bond acceptors (Lipinski definition) is 4. The number of benzene rings is 1. The summed E-state index contributed by atoms with van der Waals surface area (Å²) in [5.74, 6) is -0.220. The molecule has 0 radical (unpaired) electrons. The molecule has 0 aliphatic carbocycles. The van der Waals surface area contributed by atoms with Gasteiger partial charge in [0.1, 0.15) is 9.84 Å². The maximum Gasteiger partial charge on any atom is 0.253 e. The molecule has 106 valence electrons. The molecule has 1 aromatic rings. The smallest absolute Gasteiger partial charge is 0.253 e. The third-order valence-electron chi connectivity index (χ3n) is 2.47. The van der Waals surface area contributed by atoms with Gasteiger partial charge in [0.2, 0.25) is 0 Å². The predicted molar refractivity (Wildman–Crippen MR) is 77.7 cm³/mol. The Hall–Kier alpha value is -1.27. The van der Waals surface area contributed by atoms with Gasteiger partial charge in [0, 0.05) is 30.6 Å². The molecule has 0 atom stereocenters. The molecule has 0 aliphatic rings. The summed E-state index contributed by atoms with van der Waals surface area (Å²) < 4.78 is 21.9. The van der Waals surface area contributed by atoms with Gasteiger partial charge in [-0.05, 0) is 24.6 Å². The summed E-state index contributed by atoms with van der Waals surface area (Å²) in [6.07, 6.45) is 1.56. The van der Waals surface area contributed by atoms with Gasteiger partial charge in [-0.2, -0.15) is 0 Å². The van der Waals surface area contributed by atoms with E-state index in [2.05, 4.69) is 10.6 Å². The standard InChI is InChI=1S/C12H17ClN2O3S/c1-14-11-5-4-9(13)8-10(11)12(16)15-6-3-7-19(2,17)18/h4-5,8,14H,3,6-7H2,1-2H3,(H,15,16). The topological polar surface area (TPSA) is 75.3 Å². The van der Waals surface area contributed by atoms with E-state index in [0.717, 1.165) is 0 Å². The van der Waals surface area contributed by atoms with Crippen LogP contribution in [0.4, 0.5) is 5.69 Å². The Morgan fingerprint density at radius 2 is 2.05 bits per heavy atom. The van der Waals surface area contributed by atoms with E-state index in [-0.39, 0.29) is 11.7 Å². The van der Waals surface area contributed by atoms with E-state index in [1.165, 1.54) is 6.26 Å². The molecule has 0 bridgehead atoms. The number of nitrogens with one attached hydrogen (secondary N) is 2. The predicted octanol–water partition coefficient (Wildman–Crippen LogP) is 1.55. The van der Waals surface area contributed by atoms with Crippen molar-refractivity contribution in [3.05, 3.63) is 28.8 Å². The van der Waals surface area contributed by atoms with Crippen molar-refractivity contribution in [2.24, 2.45) is 0 Å². The van der Waals surface area contributed by atoms with Crippen LogP contribution in [0.1, 0.15) is 16.8 Å². The highest BCUT2D eigenvalue weighted by molar-refractivity contribution is 7.90. The fourth-order valence-electron chi connectivity index (χ4n) is 1.55. The molecule has 2 N–H and O–H groups in total. The van der Waals surface area contributed by atoms with Crippen molar-refractivity contribution in [2.75, 3.05) is 30.9 Å². The summed E-state index contributed by atoms with van der Waals surface area (Å²) >= 11 is 5.85. The van der Waals surface area contributed by atoms with Gasteiger partial charge >= 0.3 is 0 Å². The molecular weight excluding hydrogens is 288 g/mol. The summed E-state index contributed by atoms with van der Waals surface area (Å²) in [6, 6.07) is 4.97. The van der Waals surface area contributed by atoms with Crippen molar-refractivity contribution < 1.29 is 13.2 Å². The van der Waals surface area contributed by atoms with Crippen LogP contribution < -0.4 is 10.6 Å². The van der Waals surface area contributed by atoms with E-state index in [9.17, 15) is 13.2 Å². The minimum absolute atomic E-state index is 0.0573. The van der Waals surface area contributed by atoms with E-state index >= 15 is 0 Å². The van der Waals surface area contributed by atoms with Crippen LogP contribution in [-0.2, 0) is 9.84 Å². The lowest BCUT2D eigenvalue weighted by atomic mass is 10.1. The van der Waals surface area contributed by atoms with Gasteiger partial charge in [-0.1, -0.05) is 11.6 Å². The molecule has 0 fully saturated rings. The van der Waals surface area contributed by atoms with E-state index < -0.39 is 9.84 Å². The quantitative estimate of drug-likeness (QED) is 0.782. The van der Waals surface area contributed by atoms with Crippen LogP contribution in [0.5, 0.6) is 0 Å². The highest BCUT2D eigenvalue weighted by atomic mass is 35.5. The Morgan fingerprint density at radius 1 is 1.37 bits per heavy atom. The molecule has 1 aromatic carbocycles. The van der Waals surface area contributed by atoms with Gasteiger partial charge in [0.05, 0.1) is 11.3 Å². The van der Waals surface area contributed by atoms with Crippen LogP contribution in [0.25, 0.3) is 0 Å². The molecule has 0 spiro atoms. The van der Waals surface area contributed by atoms with E-state index in [1.54, 1.807) is 25.2 Å². The van der Waals surface area contributed by atoms with Gasteiger partial charge in [-0.3, -0.25) is 4.79 Å². The zero-order chi connectivity index (χ0) is 14.5. The second-order valence-electron chi connectivity index (χ2n) is 4.18. The minimum atomic E-state index is -2.99. The first kappa shape index (κ1) is 15.8. The summed E-state index contributed by atoms with van der Waals surface area (Å²) in [5.41, 5.74) is 1.11. The molecular formula is C12H17ClN2O3S. The molecule has 0 aliphatic heterocycles. The summed E-state index contributed by atoms with van der Waals surface area (Å²) in [4.78, 5) is 11.9. The number of halogens is 1. The van der Waals surface area contributed by atoms with Crippen LogP contribution in [-0.4, -0.2) is 39.9 Å². The Kier molecular flexibility index (Phi) is 5.62. The van der Waals surface area contributed by atoms with Gasteiger partial charge in [-0.15, -0.1) is 0 Å². The monoisotopic (exact) mass is 304 g/mol. The largest absolute Gasteiger partial charge is 0.387 e. The van der Waals surface area contributed by atoms with Crippen LogP contribution in [0.2, 0.25) is 5.02 Å². The highest BCUT2D eigenvalue weighted by Crippen LogP contribution is 2.20. The Balaban J connectivity index is 2.61. The molecule has 0 unspecified atom stereocenters. The Morgan fingerprint density at radius 3 is 2.63 bits per heavy atom. The molecule has 0 saturated carbocycles. The van der Waals surface area contributed by atoms with Crippen LogP contribution in [0, 0.1) is 0 Å². The van der Waals surface area contributed by atoms with E-state index in [1.807, 2.05) is 0 Å². The maximum absolute atomic E-state index is 11.9. The van der Waals surface area contributed by atoms with Crippen molar-refractivity contribution in [3.63, 3.8) is 0 Å².